The lowest BCUT2D eigenvalue weighted by atomic mass is 10.0. The maximum Gasteiger partial charge on any atom is 0.253 e. The van der Waals surface area contributed by atoms with E-state index in [-0.39, 0.29) is 11.2 Å². The summed E-state index contributed by atoms with van der Waals surface area (Å²) in [7, 11) is -3.20. The summed E-state index contributed by atoms with van der Waals surface area (Å²) in [5, 5.41) is -0.211. The fourth-order valence-corrected chi connectivity index (χ4v) is 4.62. The van der Waals surface area contributed by atoms with Crippen LogP contribution >= 0.6 is 0 Å². The molecule has 0 unspecified atom stereocenters. The summed E-state index contributed by atoms with van der Waals surface area (Å²) >= 11 is 0. The van der Waals surface area contributed by atoms with Gasteiger partial charge in [0.15, 0.2) is 9.84 Å². The molecular weight excluding hydrogens is 334 g/mol. The fraction of sp³-hybridized carbons (Fsp3) is 0.350. The first kappa shape index (κ1) is 17.7. The number of sulfone groups is 1. The van der Waals surface area contributed by atoms with Gasteiger partial charge in [-0.2, -0.15) is 0 Å². The molecular formula is C20H23NO3S. The molecule has 1 amide bonds. The number of hydrogen-bond donors (Lipinski definition) is 0. The Kier molecular flexibility index (Phi) is 4.95. The Morgan fingerprint density at radius 3 is 2.20 bits per heavy atom. The van der Waals surface area contributed by atoms with Gasteiger partial charge in [-0.1, -0.05) is 24.3 Å². The van der Waals surface area contributed by atoms with Gasteiger partial charge in [0.05, 0.1) is 10.1 Å². The Morgan fingerprint density at radius 2 is 1.64 bits per heavy atom. The molecule has 1 fully saturated rings. The van der Waals surface area contributed by atoms with Crippen molar-refractivity contribution in [2.75, 3.05) is 13.1 Å². The van der Waals surface area contributed by atoms with Crippen molar-refractivity contribution in [3.05, 3.63) is 54.1 Å². The number of carbonyl (C=O) groups is 1. The molecule has 0 radical (unpaired) electrons. The lowest BCUT2D eigenvalue weighted by Crippen LogP contribution is -2.30. The number of amides is 1. The van der Waals surface area contributed by atoms with Gasteiger partial charge in [0, 0.05) is 18.7 Å². The third kappa shape index (κ3) is 3.61. The van der Waals surface area contributed by atoms with E-state index in [0.29, 0.717) is 23.5 Å². The van der Waals surface area contributed by atoms with Crippen LogP contribution in [0.3, 0.4) is 0 Å². The normalized spacial score (nSPS) is 14.3. The quantitative estimate of drug-likeness (QED) is 0.791. The molecule has 0 bridgehead atoms. The topological polar surface area (TPSA) is 54.5 Å². The highest BCUT2D eigenvalue weighted by Crippen LogP contribution is 2.34. The maximum absolute atomic E-state index is 12.4. The van der Waals surface area contributed by atoms with Gasteiger partial charge >= 0.3 is 0 Å². The number of carbonyl (C=O) groups excluding carboxylic acids is 1. The zero-order valence-corrected chi connectivity index (χ0v) is 15.4. The molecule has 0 heterocycles. The molecule has 2 aromatic carbocycles. The van der Waals surface area contributed by atoms with E-state index in [0.717, 1.165) is 24.0 Å². The summed E-state index contributed by atoms with van der Waals surface area (Å²) in [6, 6.07) is 14.4. The van der Waals surface area contributed by atoms with E-state index in [4.69, 9.17) is 0 Å². The predicted octanol–water partition coefficient (Wildman–Crippen LogP) is 3.77. The van der Waals surface area contributed by atoms with Gasteiger partial charge in [0.25, 0.3) is 5.91 Å². The summed E-state index contributed by atoms with van der Waals surface area (Å²) in [4.78, 5) is 14.5. The number of benzene rings is 2. The standard InChI is InChI=1S/C20H23NO3S/c1-3-21(4-2)20(22)16-10-8-15(9-11-16)17-6-5-7-19(14-17)25(23,24)18-12-13-18/h5-11,14,18H,3-4,12-13H2,1-2H3. The minimum Gasteiger partial charge on any atom is -0.339 e. The molecule has 0 N–H and O–H groups in total. The largest absolute Gasteiger partial charge is 0.339 e. The Labute approximate surface area is 149 Å². The van der Waals surface area contributed by atoms with Gasteiger partial charge in [0.2, 0.25) is 0 Å². The van der Waals surface area contributed by atoms with Gasteiger partial charge in [0.1, 0.15) is 0 Å². The van der Waals surface area contributed by atoms with Gasteiger partial charge in [-0.15, -0.1) is 0 Å². The molecule has 4 nitrogen and oxygen atoms in total. The van der Waals surface area contributed by atoms with E-state index in [9.17, 15) is 13.2 Å². The average Bonchev–Trinajstić information content (AvgIpc) is 3.48. The second-order valence-corrected chi connectivity index (χ2v) is 8.56. The van der Waals surface area contributed by atoms with Crippen LogP contribution in [0, 0.1) is 0 Å². The predicted molar refractivity (Wildman–Crippen MR) is 99.3 cm³/mol. The van der Waals surface area contributed by atoms with Crippen LogP contribution in [0.2, 0.25) is 0 Å². The van der Waals surface area contributed by atoms with Crippen LogP contribution in [0.25, 0.3) is 11.1 Å². The minimum absolute atomic E-state index is 0.0154. The van der Waals surface area contributed by atoms with Crippen LogP contribution in [-0.2, 0) is 9.84 Å². The Balaban J connectivity index is 1.87. The molecule has 1 aliphatic rings. The summed E-state index contributed by atoms with van der Waals surface area (Å²) in [6.07, 6.45) is 1.52. The first-order valence-corrected chi connectivity index (χ1v) is 10.3. The summed E-state index contributed by atoms with van der Waals surface area (Å²) in [5.74, 6) is 0.0154. The summed E-state index contributed by atoms with van der Waals surface area (Å²) in [6.45, 7) is 5.28. The van der Waals surface area contributed by atoms with E-state index in [1.165, 1.54) is 0 Å². The molecule has 25 heavy (non-hydrogen) atoms. The van der Waals surface area contributed by atoms with Crippen LogP contribution in [-0.4, -0.2) is 37.6 Å². The second-order valence-electron chi connectivity index (χ2n) is 6.33. The molecule has 5 heteroatoms. The van der Waals surface area contributed by atoms with Gasteiger partial charge in [-0.3, -0.25) is 4.79 Å². The minimum atomic E-state index is -3.20. The van der Waals surface area contributed by atoms with Crippen molar-refractivity contribution in [2.24, 2.45) is 0 Å². The zero-order chi connectivity index (χ0) is 18.0. The number of nitrogens with zero attached hydrogens (tertiary/aromatic N) is 1. The molecule has 1 saturated carbocycles. The van der Waals surface area contributed by atoms with Crippen molar-refractivity contribution in [1.82, 2.24) is 4.90 Å². The van der Waals surface area contributed by atoms with Crippen molar-refractivity contribution in [3.8, 4) is 11.1 Å². The van der Waals surface area contributed by atoms with Crippen LogP contribution in [0.1, 0.15) is 37.0 Å². The SMILES string of the molecule is CCN(CC)C(=O)c1ccc(-c2cccc(S(=O)(=O)C3CC3)c2)cc1. The summed E-state index contributed by atoms with van der Waals surface area (Å²) in [5.41, 5.74) is 2.40. The second kappa shape index (κ2) is 7.00. The van der Waals surface area contributed by atoms with E-state index in [2.05, 4.69) is 0 Å². The van der Waals surface area contributed by atoms with Gasteiger partial charge < -0.3 is 4.90 Å². The molecule has 0 atom stereocenters. The van der Waals surface area contributed by atoms with E-state index in [1.54, 1.807) is 35.2 Å². The maximum atomic E-state index is 12.4. The molecule has 0 aromatic heterocycles. The van der Waals surface area contributed by atoms with Crippen molar-refractivity contribution in [3.63, 3.8) is 0 Å². The van der Waals surface area contributed by atoms with E-state index >= 15 is 0 Å². The van der Waals surface area contributed by atoms with Crippen LogP contribution in [0.5, 0.6) is 0 Å². The zero-order valence-electron chi connectivity index (χ0n) is 14.6. The Bertz CT molecular complexity index is 864. The molecule has 3 rings (SSSR count). The summed E-state index contributed by atoms with van der Waals surface area (Å²) < 4.78 is 24.8. The Morgan fingerprint density at radius 1 is 1.00 bits per heavy atom. The van der Waals surface area contributed by atoms with E-state index in [1.807, 2.05) is 32.0 Å². The van der Waals surface area contributed by atoms with Crippen LogP contribution in [0.4, 0.5) is 0 Å². The smallest absolute Gasteiger partial charge is 0.253 e. The molecule has 0 spiro atoms. The fourth-order valence-electron chi connectivity index (χ4n) is 2.92. The third-order valence-electron chi connectivity index (χ3n) is 4.64. The van der Waals surface area contributed by atoms with Crippen molar-refractivity contribution >= 4 is 15.7 Å². The van der Waals surface area contributed by atoms with Crippen LogP contribution < -0.4 is 0 Å². The van der Waals surface area contributed by atoms with E-state index < -0.39 is 9.84 Å². The Hall–Kier alpha value is -2.14. The van der Waals surface area contributed by atoms with Crippen molar-refractivity contribution in [2.45, 2.75) is 36.8 Å². The molecule has 0 aliphatic heterocycles. The highest BCUT2D eigenvalue weighted by molar-refractivity contribution is 7.92. The van der Waals surface area contributed by atoms with Crippen molar-refractivity contribution in [1.29, 1.82) is 0 Å². The average molecular weight is 357 g/mol. The number of rotatable bonds is 6. The van der Waals surface area contributed by atoms with Gasteiger partial charge in [-0.05, 0) is 62.1 Å². The first-order chi connectivity index (χ1) is 12.0. The van der Waals surface area contributed by atoms with Gasteiger partial charge in [-0.25, -0.2) is 8.42 Å². The molecule has 1 aliphatic carbocycles. The lowest BCUT2D eigenvalue weighted by Gasteiger charge is -2.18. The molecule has 2 aromatic rings. The van der Waals surface area contributed by atoms with Crippen LogP contribution in [0.15, 0.2) is 53.4 Å². The number of hydrogen-bond acceptors (Lipinski definition) is 3. The third-order valence-corrected chi connectivity index (χ3v) is 6.90. The molecule has 132 valence electrons. The first-order valence-electron chi connectivity index (χ1n) is 8.71. The monoisotopic (exact) mass is 357 g/mol. The highest BCUT2D eigenvalue weighted by atomic mass is 32.2. The molecule has 0 saturated heterocycles. The lowest BCUT2D eigenvalue weighted by molar-refractivity contribution is 0.0773. The highest BCUT2D eigenvalue weighted by Gasteiger charge is 2.36. The van der Waals surface area contributed by atoms with Crippen molar-refractivity contribution < 1.29 is 13.2 Å².